The minimum atomic E-state index is -3.50. The van der Waals surface area contributed by atoms with Crippen molar-refractivity contribution < 1.29 is 18.6 Å². The Bertz CT molecular complexity index is 1050. The van der Waals surface area contributed by atoms with Gasteiger partial charge in [0.2, 0.25) is 0 Å². The molecule has 194 valence electrons. The second-order valence-electron chi connectivity index (χ2n) is 12.8. The van der Waals surface area contributed by atoms with Gasteiger partial charge in [0.25, 0.3) is 0 Å². The highest BCUT2D eigenvalue weighted by Gasteiger charge is 2.58. The summed E-state index contributed by atoms with van der Waals surface area (Å²) in [6.07, 6.45) is 11.3. The third-order valence-corrected chi connectivity index (χ3v) is 13.1. The van der Waals surface area contributed by atoms with Gasteiger partial charge in [-0.1, -0.05) is 43.7 Å². The zero-order valence-electron chi connectivity index (χ0n) is 21.7. The molecular formula is C30H44O4S. The molecule has 5 heteroatoms. The van der Waals surface area contributed by atoms with E-state index in [2.05, 4.69) is 19.9 Å². The molecule has 1 aromatic carbocycles. The summed E-state index contributed by atoms with van der Waals surface area (Å²) < 4.78 is 27.3. The van der Waals surface area contributed by atoms with Crippen LogP contribution in [0, 0.1) is 34.5 Å². The van der Waals surface area contributed by atoms with Gasteiger partial charge in [0.05, 0.1) is 22.4 Å². The minimum Gasteiger partial charge on any atom is -0.393 e. The number of hydrogen-bond acceptors (Lipinski definition) is 4. The maximum absolute atomic E-state index is 13.6. The van der Waals surface area contributed by atoms with E-state index in [-0.39, 0.29) is 16.9 Å². The van der Waals surface area contributed by atoms with E-state index in [1.54, 1.807) is 31.2 Å². The monoisotopic (exact) mass is 500 g/mol. The number of sulfone groups is 1. The van der Waals surface area contributed by atoms with Crippen LogP contribution in [-0.2, 0) is 9.84 Å². The molecule has 0 saturated heterocycles. The van der Waals surface area contributed by atoms with Crippen LogP contribution < -0.4 is 0 Å². The maximum Gasteiger partial charge on any atom is 0.181 e. The largest absolute Gasteiger partial charge is 0.393 e. The van der Waals surface area contributed by atoms with Crippen molar-refractivity contribution in [3.63, 3.8) is 0 Å². The van der Waals surface area contributed by atoms with Crippen molar-refractivity contribution >= 4 is 9.84 Å². The number of allylic oxidation sites excluding steroid dienone is 1. The fraction of sp³-hybridized carbons (Fsp3) is 0.733. The zero-order valence-corrected chi connectivity index (χ0v) is 22.5. The van der Waals surface area contributed by atoms with Crippen LogP contribution in [0.5, 0.6) is 0 Å². The van der Waals surface area contributed by atoms with Crippen LogP contribution in [0.25, 0.3) is 0 Å². The van der Waals surface area contributed by atoms with E-state index in [4.69, 9.17) is 0 Å². The lowest BCUT2D eigenvalue weighted by Crippen LogP contribution is -2.50. The molecule has 0 radical (unpaired) electrons. The normalized spacial score (nSPS) is 40.7. The number of hydrogen-bond donors (Lipinski definition) is 2. The van der Waals surface area contributed by atoms with E-state index < -0.39 is 21.2 Å². The molecular weight excluding hydrogens is 456 g/mol. The van der Waals surface area contributed by atoms with Crippen molar-refractivity contribution in [1.82, 2.24) is 0 Å². The molecule has 3 saturated carbocycles. The van der Waals surface area contributed by atoms with Crippen LogP contribution >= 0.6 is 0 Å². The van der Waals surface area contributed by atoms with E-state index in [1.807, 2.05) is 6.07 Å². The molecule has 4 aliphatic carbocycles. The van der Waals surface area contributed by atoms with Crippen molar-refractivity contribution in [1.29, 1.82) is 0 Å². The summed E-state index contributed by atoms with van der Waals surface area (Å²) in [4.78, 5) is 0.381. The Hall–Kier alpha value is -1.17. The lowest BCUT2D eigenvalue weighted by molar-refractivity contribution is -0.0509. The summed E-state index contributed by atoms with van der Waals surface area (Å²) >= 11 is 0. The van der Waals surface area contributed by atoms with E-state index >= 15 is 0 Å². The van der Waals surface area contributed by atoms with Gasteiger partial charge in [0.1, 0.15) is 0 Å². The standard InChI is InChI=1S/C30H44O4S/c1-20(31)17-25(35(33,34)24-7-5-4-6-8-24)19-22-10-12-27-26-11-9-21-18-23(32)13-15-29(21,2)28(26)14-16-30(22,27)3/h4-9,20,22-23,25-28,31-32H,10-19H2,1-3H3/t20?,22-,23?,25?,26?,27?,28?,29?,30?/m1/s1. The molecule has 5 rings (SSSR count). The molecule has 9 atom stereocenters. The SMILES string of the molecule is CC(O)CC(C[C@H]1CCC2C3CC=C4CC(O)CCC4(C)C3CCC21C)S(=O)(=O)c1ccccc1. The molecule has 0 aromatic heterocycles. The van der Waals surface area contributed by atoms with Crippen molar-refractivity contribution in [2.45, 2.75) is 107 Å². The number of aliphatic hydroxyl groups excluding tert-OH is 2. The Labute approximate surface area is 212 Å². The molecule has 0 bridgehead atoms. The molecule has 4 nitrogen and oxygen atoms in total. The fourth-order valence-corrected chi connectivity index (χ4v) is 10.9. The molecule has 8 unspecified atom stereocenters. The first kappa shape index (κ1) is 25.5. The van der Waals surface area contributed by atoms with Crippen LogP contribution in [0.3, 0.4) is 0 Å². The first-order valence-electron chi connectivity index (χ1n) is 13.9. The van der Waals surface area contributed by atoms with Crippen LogP contribution in [0.4, 0.5) is 0 Å². The summed E-state index contributed by atoms with van der Waals surface area (Å²) in [5.41, 5.74) is 1.90. The Kier molecular flexibility index (Phi) is 6.76. The average Bonchev–Trinajstić information content (AvgIpc) is 3.15. The number of benzene rings is 1. The quantitative estimate of drug-likeness (QED) is 0.475. The molecule has 0 amide bonds. The third kappa shape index (κ3) is 4.34. The average molecular weight is 501 g/mol. The summed E-state index contributed by atoms with van der Waals surface area (Å²) in [6.45, 7) is 6.62. The molecule has 4 aliphatic rings. The molecule has 0 aliphatic heterocycles. The van der Waals surface area contributed by atoms with Gasteiger partial charge in [-0.2, -0.15) is 0 Å². The van der Waals surface area contributed by atoms with Gasteiger partial charge in [0, 0.05) is 0 Å². The van der Waals surface area contributed by atoms with Crippen molar-refractivity contribution in [2.24, 2.45) is 34.5 Å². The predicted molar refractivity (Wildman–Crippen MR) is 140 cm³/mol. The van der Waals surface area contributed by atoms with Gasteiger partial charge in [-0.3, -0.25) is 0 Å². The first-order valence-corrected chi connectivity index (χ1v) is 15.4. The van der Waals surface area contributed by atoms with Crippen molar-refractivity contribution in [2.75, 3.05) is 0 Å². The number of rotatable bonds is 6. The molecule has 3 fully saturated rings. The Balaban J connectivity index is 1.39. The lowest BCUT2D eigenvalue weighted by atomic mass is 9.47. The maximum atomic E-state index is 13.6. The Morgan fingerprint density at radius 1 is 1.03 bits per heavy atom. The second-order valence-corrected chi connectivity index (χ2v) is 15.0. The van der Waals surface area contributed by atoms with Gasteiger partial charge in [-0.25, -0.2) is 8.42 Å². The van der Waals surface area contributed by atoms with Gasteiger partial charge in [0.15, 0.2) is 9.84 Å². The predicted octanol–water partition coefficient (Wildman–Crippen LogP) is 5.93. The smallest absolute Gasteiger partial charge is 0.181 e. The van der Waals surface area contributed by atoms with E-state index in [1.165, 1.54) is 24.8 Å². The third-order valence-electron chi connectivity index (χ3n) is 10.9. The highest BCUT2D eigenvalue weighted by molar-refractivity contribution is 7.92. The van der Waals surface area contributed by atoms with Crippen LogP contribution in [0.15, 0.2) is 46.9 Å². The van der Waals surface area contributed by atoms with E-state index in [9.17, 15) is 18.6 Å². The number of aliphatic hydroxyl groups is 2. The summed E-state index contributed by atoms with van der Waals surface area (Å²) in [5, 5.41) is 20.0. The van der Waals surface area contributed by atoms with E-state index in [0.29, 0.717) is 41.4 Å². The van der Waals surface area contributed by atoms with Crippen molar-refractivity contribution in [3.05, 3.63) is 42.0 Å². The summed E-state index contributed by atoms with van der Waals surface area (Å²) in [6, 6.07) is 8.82. The van der Waals surface area contributed by atoms with Gasteiger partial charge < -0.3 is 10.2 Å². The van der Waals surface area contributed by atoms with Crippen LogP contribution in [0.2, 0.25) is 0 Å². The molecule has 0 heterocycles. The van der Waals surface area contributed by atoms with Crippen molar-refractivity contribution in [3.8, 4) is 0 Å². The van der Waals surface area contributed by atoms with E-state index in [0.717, 1.165) is 32.1 Å². The molecule has 2 N–H and O–H groups in total. The summed E-state index contributed by atoms with van der Waals surface area (Å²) in [5.74, 6) is 2.37. The first-order chi connectivity index (χ1) is 16.6. The van der Waals surface area contributed by atoms with Crippen LogP contribution in [0.1, 0.15) is 85.0 Å². The Morgan fingerprint density at radius 2 is 1.77 bits per heavy atom. The highest BCUT2D eigenvalue weighted by Crippen LogP contribution is 2.67. The molecule has 1 aromatic rings. The minimum absolute atomic E-state index is 0.167. The molecule has 35 heavy (non-hydrogen) atoms. The topological polar surface area (TPSA) is 74.6 Å². The number of fused-ring (bicyclic) bond motifs is 5. The molecule has 0 spiro atoms. The zero-order chi connectivity index (χ0) is 25.0. The second kappa shape index (κ2) is 9.29. The summed E-state index contributed by atoms with van der Waals surface area (Å²) in [7, 11) is -3.50. The van der Waals surface area contributed by atoms with Gasteiger partial charge in [-0.15, -0.1) is 0 Å². The lowest BCUT2D eigenvalue weighted by Gasteiger charge is -2.58. The van der Waals surface area contributed by atoms with Gasteiger partial charge >= 0.3 is 0 Å². The van der Waals surface area contributed by atoms with Gasteiger partial charge in [-0.05, 0) is 118 Å². The highest BCUT2D eigenvalue weighted by atomic mass is 32.2. The fourth-order valence-electron chi connectivity index (χ4n) is 8.99. The van der Waals surface area contributed by atoms with Crippen LogP contribution in [-0.4, -0.2) is 36.1 Å². The Morgan fingerprint density at radius 3 is 2.49 bits per heavy atom.